The molecule has 0 heterocycles. The third-order valence-corrected chi connectivity index (χ3v) is 1.91. The first-order chi connectivity index (χ1) is 5.49. The lowest BCUT2D eigenvalue weighted by atomic mass is 10.2. The molecule has 5 nitrogen and oxygen atoms in total. The molecule has 0 N–H and O–H groups in total. The molecule has 0 radical (unpaired) electrons. The minimum atomic E-state index is -2.12. The SMILES string of the molecule is CCOC(=O)[C@](Cl)(CC)[N+](=O)[O-]. The third kappa shape index (κ3) is 2.07. The molecule has 0 bridgehead atoms. The monoisotopic (exact) mass is 195 g/mol. The number of nitrogens with zero attached hydrogens (tertiary/aromatic N) is 1. The lowest BCUT2D eigenvalue weighted by Gasteiger charge is -2.13. The Morgan fingerprint density at radius 1 is 1.67 bits per heavy atom. The molecule has 6 heteroatoms. The van der Waals surface area contributed by atoms with Crippen LogP contribution in [0.25, 0.3) is 0 Å². The van der Waals surface area contributed by atoms with Gasteiger partial charge in [-0.05, 0) is 18.5 Å². The van der Waals surface area contributed by atoms with Crippen molar-refractivity contribution in [1.82, 2.24) is 0 Å². The van der Waals surface area contributed by atoms with Gasteiger partial charge in [0.1, 0.15) is 0 Å². The first-order valence-corrected chi connectivity index (χ1v) is 3.87. The van der Waals surface area contributed by atoms with E-state index in [1.165, 1.54) is 6.92 Å². The quantitative estimate of drug-likeness (QED) is 0.222. The Morgan fingerprint density at radius 3 is 2.42 bits per heavy atom. The van der Waals surface area contributed by atoms with Crippen molar-refractivity contribution in [3.05, 3.63) is 10.1 Å². The molecular formula is C6H10ClNO4. The van der Waals surface area contributed by atoms with Crippen molar-refractivity contribution in [1.29, 1.82) is 0 Å². The second kappa shape index (κ2) is 4.25. The van der Waals surface area contributed by atoms with Gasteiger partial charge < -0.3 is 4.74 Å². The minimum absolute atomic E-state index is 0.0845. The fourth-order valence-electron chi connectivity index (χ4n) is 0.590. The zero-order valence-corrected chi connectivity index (χ0v) is 7.63. The molecule has 1 atom stereocenters. The molecule has 0 aromatic carbocycles. The number of carbonyl (C=O) groups excluding carboxylic acids is 1. The van der Waals surface area contributed by atoms with Crippen molar-refractivity contribution >= 4 is 17.6 Å². The van der Waals surface area contributed by atoms with E-state index < -0.39 is 15.9 Å². The van der Waals surface area contributed by atoms with Crippen LogP contribution in [0.4, 0.5) is 0 Å². The van der Waals surface area contributed by atoms with Crippen LogP contribution in [0.5, 0.6) is 0 Å². The number of hydrogen-bond donors (Lipinski definition) is 0. The number of carbonyl (C=O) groups is 1. The highest BCUT2D eigenvalue weighted by atomic mass is 35.5. The van der Waals surface area contributed by atoms with Crippen molar-refractivity contribution in [3.63, 3.8) is 0 Å². The summed E-state index contributed by atoms with van der Waals surface area (Å²) in [5.74, 6) is -1.00. The van der Waals surface area contributed by atoms with Crippen LogP contribution in [0.3, 0.4) is 0 Å². The Kier molecular flexibility index (Phi) is 3.95. The van der Waals surface area contributed by atoms with E-state index in [0.29, 0.717) is 0 Å². The summed E-state index contributed by atoms with van der Waals surface area (Å²) in [6.45, 7) is 3.10. The van der Waals surface area contributed by atoms with Gasteiger partial charge in [0, 0.05) is 6.42 Å². The Bertz CT molecular complexity index is 196. The van der Waals surface area contributed by atoms with Crippen LogP contribution >= 0.6 is 11.6 Å². The second-order valence-corrected chi connectivity index (χ2v) is 2.72. The summed E-state index contributed by atoms with van der Waals surface area (Å²) in [5, 5.41) is 10.3. The molecule has 0 amide bonds. The lowest BCUT2D eigenvalue weighted by molar-refractivity contribution is -0.529. The molecule has 0 spiro atoms. The predicted molar refractivity (Wildman–Crippen MR) is 42.5 cm³/mol. The van der Waals surface area contributed by atoms with Gasteiger partial charge >= 0.3 is 11.0 Å². The smallest absolute Gasteiger partial charge is 0.401 e. The summed E-state index contributed by atoms with van der Waals surface area (Å²) < 4.78 is 4.45. The molecule has 0 aromatic heterocycles. The molecular weight excluding hydrogens is 186 g/mol. The predicted octanol–water partition coefficient (Wildman–Crippen LogP) is 1.17. The van der Waals surface area contributed by atoms with Crippen LogP contribution in [-0.4, -0.2) is 22.5 Å². The van der Waals surface area contributed by atoms with E-state index in [-0.39, 0.29) is 13.0 Å². The fourth-order valence-corrected chi connectivity index (χ4v) is 0.644. The molecule has 0 aromatic rings. The average Bonchev–Trinajstić information content (AvgIpc) is 2.03. The van der Waals surface area contributed by atoms with Gasteiger partial charge in [-0.1, -0.05) is 6.92 Å². The van der Waals surface area contributed by atoms with E-state index in [9.17, 15) is 14.9 Å². The summed E-state index contributed by atoms with van der Waals surface area (Å²) in [6, 6.07) is 0. The summed E-state index contributed by atoms with van der Waals surface area (Å²) >= 11 is 5.41. The standard InChI is InChI=1S/C6H10ClNO4/c1-3-6(7,8(10)11)5(9)12-4-2/h3-4H2,1-2H3/t6-/m0/s1. The Labute approximate surface area is 74.8 Å². The zero-order chi connectivity index (χ0) is 9.78. The van der Waals surface area contributed by atoms with Crippen LogP contribution in [0, 0.1) is 10.1 Å². The largest absolute Gasteiger partial charge is 0.460 e. The van der Waals surface area contributed by atoms with E-state index >= 15 is 0 Å². The summed E-state index contributed by atoms with van der Waals surface area (Å²) in [6.07, 6.45) is -0.0968. The molecule has 70 valence electrons. The zero-order valence-electron chi connectivity index (χ0n) is 6.87. The van der Waals surface area contributed by atoms with Crippen LogP contribution < -0.4 is 0 Å². The van der Waals surface area contributed by atoms with Crippen molar-refractivity contribution in [2.24, 2.45) is 0 Å². The summed E-state index contributed by atoms with van der Waals surface area (Å²) in [5.41, 5.74) is 0. The second-order valence-electron chi connectivity index (χ2n) is 2.09. The maximum absolute atomic E-state index is 10.9. The maximum atomic E-state index is 10.9. The Morgan fingerprint density at radius 2 is 2.17 bits per heavy atom. The molecule has 0 unspecified atom stereocenters. The topological polar surface area (TPSA) is 69.4 Å². The van der Waals surface area contributed by atoms with E-state index in [4.69, 9.17) is 11.6 Å². The Hall–Kier alpha value is -0.840. The summed E-state index contributed by atoms with van der Waals surface area (Å²) in [4.78, 5) is 18.3. The van der Waals surface area contributed by atoms with Gasteiger partial charge in [0.25, 0.3) is 0 Å². The van der Waals surface area contributed by atoms with Crippen LogP contribution in [0.2, 0.25) is 0 Å². The van der Waals surface area contributed by atoms with Gasteiger partial charge in [0.2, 0.25) is 0 Å². The number of ether oxygens (including phenoxy) is 1. The van der Waals surface area contributed by atoms with E-state index in [1.54, 1.807) is 6.92 Å². The van der Waals surface area contributed by atoms with E-state index in [0.717, 1.165) is 0 Å². The normalized spacial score (nSPS) is 14.9. The molecule has 0 fully saturated rings. The highest BCUT2D eigenvalue weighted by Gasteiger charge is 2.49. The van der Waals surface area contributed by atoms with Crippen molar-refractivity contribution in [2.45, 2.75) is 25.3 Å². The lowest BCUT2D eigenvalue weighted by Crippen LogP contribution is -2.41. The molecule has 0 rings (SSSR count). The molecule has 0 saturated carbocycles. The van der Waals surface area contributed by atoms with E-state index in [1.807, 2.05) is 0 Å². The first kappa shape index (κ1) is 11.2. The van der Waals surface area contributed by atoms with Gasteiger partial charge in [0.15, 0.2) is 0 Å². The highest BCUT2D eigenvalue weighted by molar-refractivity contribution is 6.32. The third-order valence-electron chi connectivity index (χ3n) is 1.35. The van der Waals surface area contributed by atoms with Crippen molar-refractivity contribution in [3.8, 4) is 0 Å². The number of rotatable bonds is 4. The number of esters is 1. The van der Waals surface area contributed by atoms with Gasteiger partial charge in [-0.25, -0.2) is 4.79 Å². The van der Waals surface area contributed by atoms with Crippen LogP contribution in [0.15, 0.2) is 0 Å². The summed E-state index contributed by atoms with van der Waals surface area (Å²) in [7, 11) is 0. The van der Waals surface area contributed by atoms with Gasteiger partial charge in [-0.3, -0.25) is 10.1 Å². The van der Waals surface area contributed by atoms with Crippen LogP contribution in [-0.2, 0) is 9.53 Å². The molecule has 0 aliphatic heterocycles. The van der Waals surface area contributed by atoms with Crippen molar-refractivity contribution < 1.29 is 14.5 Å². The van der Waals surface area contributed by atoms with Gasteiger partial charge in [0.05, 0.1) is 11.5 Å². The Balaban J connectivity index is 4.52. The van der Waals surface area contributed by atoms with Crippen LogP contribution in [0.1, 0.15) is 20.3 Å². The average molecular weight is 196 g/mol. The maximum Gasteiger partial charge on any atom is 0.401 e. The number of halogens is 1. The number of nitro groups is 1. The number of hydrogen-bond acceptors (Lipinski definition) is 4. The first-order valence-electron chi connectivity index (χ1n) is 3.49. The molecule has 12 heavy (non-hydrogen) atoms. The van der Waals surface area contributed by atoms with Gasteiger partial charge in [-0.15, -0.1) is 0 Å². The number of alkyl halides is 1. The minimum Gasteiger partial charge on any atom is -0.460 e. The fraction of sp³-hybridized carbons (Fsp3) is 0.833. The molecule has 0 aliphatic rings. The van der Waals surface area contributed by atoms with Crippen molar-refractivity contribution in [2.75, 3.05) is 6.61 Å². The highest BCUT2D eigenvalue weighted by Crippen LogP contribution is 2.21. The molecule has 0 aliphatic carbocycles. The molecule has 0 saturated heterocycles. The van der Waals surface area contributed by atoms with E-state index in [2.05, 4.69) is 4.74 Å². The van der Waals surface area contributed by atoms with Gasteiger partial charge in [-0.2, -0.15) is 0 Å².